The van der Waals surface area contributed by atoms with Gasteiger partial charge in [0.2, 0.25) is 0 Å². The second-order valence-electron chi connectivity index (χ2n) is 0.118. The van der Waals surface area contributed by atoms with Gasteiger partial charge in [-0.1, -0.05) is 0 Å². The molecule has 0 aromatic carbocycles. The molecule has 0 aromatic rings. The second kappa shape index (κ2) is 2680. The molecule has 0 spiro atoms. The van der Waals surface area contributed by atoms with Crippen molar-refractivity contribution in [3.8, 4) is 0 Å². The van der Waals surface area contributed by atoms with Crippen molar-refractivity contribution in [1.82, 2.24) is 0 Å². The molecule has 0 aromatic heterocycles. The Morgan fingerprint density at radius 1 is 0.471 bits per heavy atom. The van der Waals surface area contributed by atoms with Crippen molar-refractivity contribution >= 4 is 25.3 Å². The Balaban J connectivity index is -0.00000000620. The third-order valence-electron chi connectivity index (χ3n) is 0. The maximum atomic E-state index is 7.50. The topological polar surface area (TPSA) is 119 Å². The van der Waals surface area contributed by atoms with Crippen LogP contribution in [0.3, 0.4) is 0 Å². The maximum absolute atomic E-state index is 7.50. The van der Waals surface area contributed by atoms with Gasteiger partial charge in [0.25, 0.3) is 0 Å². The fourth-order valence-electron chi connectivity index (χ4n) is 0. The third-order valence-corrected chi connectivity index (χ3v) is 0. The molecule has 0 radical (unpaired) electrons. The molecule has 10 heteroatoms. The molecule has 0 aliphatic carbocycles. The van der Waals surface area contributed by atoms with Crippen molar-refractivity contribution in [3.05, 3.63) is 39.9 Å². The quantitative estimate of drug-likeness (QED) is 0.258. The van der Waals surface area contributed by atoms with E-state index in [0.717, 1.165) is 0 Å². The molecule has 0 atom stereocenters. The van der Waals surface area contributed by atoms with Crippen LogP contribution >= 0.6 is 0 Å². The molecule has 0 bridgehead atoms. The van der Waals surface area contributed by atoms with Gasteiger partial charge in [0.1, 0.15) is 0 Å². The van der Waals surface area contributed by atoms with Crippen LogP contribution in [-0.2, 0) is 87.3 Å². The van der Waals surface area contributed by atoms with Gasteiger partial charge in [0, 0.05) is 34.1 Å². The molecular weight excluding hydrogens is 356 g/mol. The Hall–Kier alpha value is 0.179. The molecule has 0 amide bonds. The van der Waals surface area contributed by atoms with Crippen LogP contribution in [-0.4, -0.2) is 5.08 Å². The summed E-state index contributed by atoms with van der Waals surface area (Å²) < 4.78 is 45.0. The van der Waals surface area contributed by atoms with Gasteiger partial charge in [-0.05, 0) is 0 Å². The molecule has 0 saturated heterocycles. The normalized spacial score (nSPS) is 1.76. The first-order valence-corrected chi connectivity index (χ1v) is 2.96. The third kappa shape index (κ3) is 102000. The van der Waals surface area contributed by atoms with E-state index in [-0.39, 0.29) is 34.1 Å². The summed E-state index contributed by atoms with van der Waals surface area (Å²) in [5.41, 5.74) is 0. The zero-order valence-electron chi connectivity index (χ0n) is 7.68. The average Bonchev–Trinajstić information content (AvgIpc) is 2.44. The van der Waals surface area contributed by atoms with Crippen molar-refractivity contribution in [3.63, 3.8) is 0 Å². The molecule has 0 saturated carbocycles. The summed E-state index contributed by atoms with van der Waals surface area (Å²) in [4.78, 5) is 0. The molecule has 0 rings (SSSR count). The molecule has 0 heterocycles. The fraction of sp³-hybridized carbons (Fsp3) is 0.143. The van der Waals surface area contributed by atoms with E-state index < -0.39 is 0 Å². The largest absolute Gasteiger partial charge is 0.818 e. The summed E-state index contributed by atoms with van der Waals surface area (Å²) in [5.74, 6) is 0. The summed E-state index contributed by atoms with van der Waals surface area (Å²) in [6.45, 7) is 27.0. The van der Waals surface area contributed by atoms with E-state index >= 15 is 0 Å². The van der Waals surface area contributed by atoms with Gasteiger partial charge in [0.15, 0.2) is 0 Å². The summed E-state index contributed by atoms with van der Waals surface area (Å²) in [7, 11) is 0. The Kier molecular flexibility index (Phi) is 10600. The standard InChI is InChI=1S/6CO.CH4S2.2Fe/c6*1-2;2-1-3;;/h;;;;;;2-3H,1H2;;/p-2. The minimum Gasteiger partial charge on any atom is -0.818 e. The van der Waals surface area contributed by atoms with Crippen LogP contribution in [0.4, 0.5) is 0 Å². The Bertz CT molecular complexity index is 117. The molecular formula is C7H2Fe2O6S2-2. The first-order valence-electron chi connectivity index (χ1n) is 1.80. The smallest absolute Gasteiger partial charge is 0 e. The van der Waals surface area contributed by atoms with Crippen molar-refractivity contribution in [1.29, 1.82) is 0 Å². The van der Waals surface area contributed by atoms with Crippen LogP contribution in [0.5, 0.6) is 0 Å². The first kappa shape index (κ1) is 67.2. The van der Waals surface area contributed by atoms with E-state index in [1.165, 1.54) is 0 Å². The van der Waals surface area contributed by atoms with Crippen LogP contribution in [0.15, 0.2) is 0 Å². The van der Waals surface area contributed by atoms with Crippen LogP contribution in [0.25, 0.3) is 0 Å². The fourth-order valence-corrected chi connectivity index (χ4v) is 0. The van der Waals surface area contributed by atoms with E-state index in [4.69, 9.17) is 27.9 Å². The summed E-state index contributed by atoms with van der Waals surface area (Å²) in [6, 6.07) is 0. The van der Waals surface area contributed by atoms with E-state index in [0.29, 0.717) is 5.08 Å². The number of hydrogen-bond acceptors (Lipinski definition) is 2. The zero-order valence-corrected chi connectivity index (χ0v) is 11.5. The van der Waals surface area contributed by atoms with E-state index in [9.17, 15) is 0 Å². The molecule has 17 heavy (non-hydrogen) atoms. The number of hydrogen-bond donors (Lipinski definition) is 0. The van der Waals surface area contributed by atoms with E-state index in [2.05, 4.69) is 65.2 Å². The minimum absolute atomic E-state index is 0. The van der Waals surface area contributed by atoms with Gasteiger partial charge in [-0.3, -0.25) is 0 Å². The SMILES string of the molecule is [C-]#[O+].[C-]#[O+].[C-]#[O+].[C-]#[O+].[C-]#[O+].[C-]#[O+].[Fe].[Fe].[S-]C[S-]. The van der Waals surface area contributed by atoms with Crippen molar-refractivity contribution < 1.29 is 62.1 Å². The zero-order chi connectivity index (χ0) is 14.7. The van der Waals surface area contributed by atoms with E-state index in [1.54, 1.807) is 0 Å². The van der Waals surface area contributed by atoms with Crippen LogP contribution < -0.4 is 0 Å². The Morgan fingerprint density at radius 2 is 0.471 bits per heavy atom. The first-order chi connectivity index (χ1) is 7.41. The average molecular weight is 358 g/mol. The van der Waals surface area contributed by atoms with Gasteiger partial charge in [-0.2, -0.15) is 0 Å². The molecule has 0 aliphatic heterocycles. The molecule has 0 fully saturated rings. The monoisotopic (exact) mass is 358 g/mol. The summed E-state index contributed by atoms with van der Waals surface area (Å²) in [5, 5.41) is 0.417. The minimum atomic E-state index is 0. The Labute approximate surface area is 132 Å². The molecule has 6 nitrogen and oxygen atoms in total. The van der Waals surface area contributed by atoms with Gasteiger partial charge in [-0.15, -0.1) is 0 Å². The van der Waals surface area contributed by atoms with Gasteiger partial charge < -0.3 is 30.3 Å². The Morgan fingerprint density at radius 3 is 0.471 bits per heavy atom. The van der Waals surface area contributed by atoms with Crippen LogP contribution in [0.1, 0.15) is 0 Å². The maximum Gasteiger partial charge on any atom is 0 e. The molecule has 0 aliphatic rings. The van der Waals surface area contributed by atoms with Crippen molar-refractivity contribution in [2.24, 2.45) is 0 Å². The second-order valence-corrected chi connectivity index (χ2v) is 1.06. The predicted octanol–water partition coefficient (Wildman–Crippen LogP) is -0.192. The van der Waals surface area contributed by atoms with Crippen LogP contribution in [0, 0.1) is 39.9 Å². The molecule has 0 N–H and O–H groups in total. The van der Waals surface area contributed by atoms with Gasteiger partial charge >= 0.3 is 67.8 Å². The summed E-state index contributed by atoms with van der Waals surface area (Å²) in [6.07, 6.45) is 0. The molecule has 96 valence electrons. The van der Waals surface area contributed by atoms with Crippen molar-refractivity contribution in [2.75, 3.05) is 5.08 Å². The van der Waals surface area contributed by atoms with Gasteiger partial charge in [0.05, 0.1) is 0 Å². The number of rotatable bonds is 0. The van der Waals surface area contributed by atoms with E-state index in [1.807, 2.05) is 0 Å². The van der Waals surface area contributed by atoms with Crippen molar-refractivity contribution in [2.45, 2.75) is 0 Å². The molecule has 0 unspecified atom stereocenters. The van der Waals surface area contributed by atoms with Crippen LogP contribution in [0.2, 0.25) is 0 Å². The summed E-state index contributed by atoms with van der Waals surface area (Å²) >= 11 is 8.42. The predicted molar refractivity (Wildman–Crippen MR) is 43.2 cm³/mol. The van der Waals surface area contributed by atoms with Gasteiger partial charge in [-0.25, -0.2) is 0 Å².